The Bertz CT molecular complexity index is 326. The van der Waals surface area contributed by atoms with Crippen molar-refractivity contribution in [2.75, 3.05) is 0 Å². The van der Waals surface area contributed by atoms with E-state index in [4.69, 9.17) is 4.74 Å². The van der Waals surface area contributed by atoms with Gasteiger partial charge in [0.25, 0.3) is 0 Å². The summed E-state index contributed by atoms with van der Waals surface area (Å²) >= 11 is 0. The third-order valence-electron chi connectivity index (χ3n) is 2.66. The molecule has 0 aromatic heterocycles. The molecule has 1 N–H and O–H groups in total. The number of rotatable bonds is 7. The Morgan fingerprint density at radius 2 is 1.79 bits per heavy atom. The average Bonchev–Trinajstić information content (AvgIpc) is 2.19. The maximum absolute atomic E-state index is 12.2. The van der Waals surface area contributed by atoms with E-state index in [1.165, 1.54) is 6.08 Å². The van der Waals surface area contributed by atoms with E-state index in [1.807, 2.05) is 13.8 Å². The second-order valence-corrected chi connectivity index (χ2v) is 6.24. The van der Waals surface area contributed by atoms with Crippen LogP contribution in [0, 0.1) is 17.8 Å². The van der Waals surface area contributed by atoms with Crippen molar-refractivity contribution in [3.8, 4) is 0 Å². The molecule has 0 aliphatic heterocycles. The summed E-state index contributed by atoms with van der Waals surface area (Å²) < 4.78 is 5.34. The average molecular weight is 270 g/mol. The molecule has 4 heteroatoms. The Morgan fingerprint density at radius 3 is 2.11 bits per heavy atom. The van der Waals surface area contributed by atoms with Gasteiger partial charge in [-0.2, -0.15) is 0 Å². The van der Waals surface area contributed by atoms with Crippen LogP contribution in [-0.2, 0) is 14.3 Å². The van der Waals surface area contributed by atoms with E-state index in [0.717, 1.165) is 0 Å². The van der Waals surface area contributed by atoms with Crippen LogP contribution in [0.1, 0.15) is 47.5 Å². The highest BCUT2D eigenvalue weighted by molar-refractivity contribution is 5.81. The zero-order chi connectivity index (χ0) is 15.2. The summed E-state index contributed by atoms with van der Waals surface area (Å²) in [6, 6.07) is 0. The van der Waals surface area contributed by atoms with Crippen molar-refractivity contribution < 1.29 is 19.4 Å². The maximum Gasteiger partial charge on any atom is 0.310 e. The molecule has 0 bridgehead atoms. The summed E-state index contributed by atoms with van der Waals surface area (Å²) in [7, 11) is 0. The lowest BCUT2D eigenvalue weighted by molar-refractivity contribution is -0.167. The van der Waals surface area contributed by atoms with E-state index in [2.05, 4.69) is 6.58 Å². The van der Waals surface area contributed by atoms with E-state index in [0.29, 0.717) is 6.42 Å². The molecule has 4 nitrogen and oxygen atoms in total. The Hall–Kier alpha value is -1.32. The Labute approximate surface area is 115 Å². The van der Waals surface area contributed by atoms with Gasteiger partial charge in [0.15, 0.2) is 0 Å². The number of ether oxygens (including phenoxy) is 1. The molecule has 0 saturated heterocycles. The first-order valence-corrected chi connectivity index (χ1v) is 6.65. The molecule has 19 heavy (non-hydrogen) atoms. The van der Waals surface area contributed by atoms with E-state index in [1.54, 1.807) is 20.8 Å². The molecule has 0 aliphatic rings. The fourth-order valence-corrected chi connectivity index (χ4v) is 1.93. The van der Waals surface area contributed by atoms with E-state index in [-0.39, 0.29) is 12.3 Å². The van der Waals surface area contributed by atoms with Crippen LogP contribution in [0.5, 0.6) is 0 Å². The van der Waals surface area contributed by atoms with Gasteiger partial charge in [-0.15, -0.1) is 6.58 Å². The summed E-state index contributed by atoms with van der Waals surface area (Å²) in [4.78, 5) is 23.5. The molecule has 0 aromatic carbocycles. The molecular formula is C15H26O4. The molecule has 0 amide bonds. The van der Waals surface area contributed by atoms with Gasteiger partial charge in [-0.05, 0) is 39.5 Å². The monoisotopic (exact) mass is 270 g/mol. The molecule has 0 spiro atoms. The van der Waals surface area contributed by atoms with E-state index >= 15 is 0 Å². The quantitative estimate of drug-likeness (QED) is 0.569. The van der Waals surface area contributed by atoms with Crippen LogP contribution < -0.4 is 0 Å². The fourth-order valence-electron chi connectivity index (χ4n) is 1.93. The van der Waals surface area contributed by atoms with Crippen molar-refractivity contribution in [1.29, 1.82) is 0 Å². The topological polar surface area (TPSA) is 63.6 Å². The zero-order valence-electron chi connectivity index (χ0n) is 12.6. The third kappa shape index (κ3) is 6.99. The van der Waals surface area contributed by atoms with Crippen molar-refractivity contribution in [3.05, 3.63) is 12.7 Å². The normalized spacial score (nSPS) is 14.8. The first-order valence-electron chi connectivity index (χ1n) is 6.65. The molecule has 0 fully saturated rings. The van der Waals surface area contributed by atoms with Gasteiger partial charge < -0.3 is 9.84 Å². The summed E-state index contributed by atoms with van der Waals surface area (Å²) in [5, 5.41) is 9.28. The van der Waals surface area contributed by atoms with Gasteiger partial charge >= 0.3 is 11.9 Å². The van der Waals surface area contributed by atoms with Crippen molar-refractivity contribution in [3.63, 3.8) is 0 Å². The molecular weight excluding hydrogens is 244 g/mol. The van der Waals surface area contributed by atoms with Gasteiger partial charge in [0.2, 0.25) is 0 Å². The number of carbonyl (C=O) groups is 2. The zero-order valence-corrected chi connectivity index (χ0v) is 12.6. The number of allylic oxidation sites excluding steroid dienone is 1. The van der Waals surface area contributed by atoms with Gasteiger partial charge in [-0.1, -0.05) is 19.9 Å². The lowest BCUT2D eigenvalue weighted by Gasteiger charge is -2.27. The number of carbonyl (C=O) groups excluding carboxylic acids is 1. The summed E-state index contributed by atoms with van der Waals surface area (Å²) in [5.41, 5.74) is -0.608. The first-order chi connectivity index (χ1) is 8.58. The molecule has 0 aromatic rings. The number of aliphatic carboxylic acids is 1. The van der Waals surface area contributed by atoms with E-state index < -0.39 is 29.4 Å². The Kier molecular flexibility index (Phi) is 6.81. The highest BCUT2D eigenvalue weighted by atomic mass is 16.6. The van der Waals surface area contributed by atoms with E-state index in [9.17, 15) is 14.7 Å². The molecule has 1 unspecified atom stereocenters. The lowest BCUT2D eigenvalue weighted by Crippen LogP contribution is -2.36. The molecule has 0 radical (unpaired) electrons. The number of carboxylic acid groups (broad SMARTS) is 1. The number of hydrogen-bond donors (Lipinski definition) is 1. The van der Waals surface area contributed by atoms with Crippen LogP contribution in [-0.4, -0.2) is 22.6 Å². The lowest BCUT2D eigenvalue weighted by atomic mass is 9.83. The Morgan fingerprint density at radius 1 is 1.26 bits per heavy atom. The second kappa shape index (κ2) is 7.31. The molecule has 0 saturated carbocycles. The highest BCUT2D eigenvalue weighted by Crippen LogP contribution is 2.27. The van der Waals surface area contributed by atoms with Crippen LogP contribution in [0.2, 0.25) is 0 Å². The first kappa shape index (κ1) is 17.7. The van der Waals surface area contributed by atoms with Gasteiger partial charge in [0.05, 0.1) is 11.8 Å². The van der Waals surface area contributed by atoms with Crippen molar-refractivity contribution in [2.24, 2.45) is 17.8 Å². The molecule has 2 atom stereocenters. The van der Waals surface area contributed by atoms with Crippen LogP contribution in [0.3, 0.4) is 0 Å². The van der Waals surface area contributed by atoms with Crippen LogP contribution in [0.15, 0.2) is 12.7 Å². The SMILES string of the molecule is C=CCC(C(=O)O)[C@@H](CC(C)C)C(=O)OC(C)(C)C. The molecule has 0 heterocycles. The minimum absolute atomic E-state index is 0.226. The smallest absolute Gasteiger partial charge is 0.310 e. The van der Waals surface area contributed by atoms with Crippen molar-refractivity contribution in [2.45, 2.75) is 53.1 Å². The van der Waals surface area contributed by atoms with Crippen LogP contribution >= 0.6 is 0 Å². The van der Waals surface area contributed by atoms with Crippen molar-refractivity contribution in [1.82, 2.24) is 0 Å². The number of esters is 1. The third-order valence-corrected chi connectivity index (χ3v) is 2.66. The molecule has 0 rings (SSSR count). The summed E-state index contributed by atoms with van der Waals surface area (Å²) in [6.07, 6.45) is 2.31. The van der Waals surface area contributed by atoms with Crippen LogP contribution in [0.4, 0.5) is 0 Å². The second-order valence-electron chi connectivity index (χ2n) is 6.24. The van der Waals surface area contributed by atoms with Gasteiger partial charge in [0.1, 0.15) is 5.60 Å². The number of carboxylic acids is 1. The number of hydrogen-bond acceptors (Lipinski definition) is 3. The largest absolute Gasteiger partial charge is 0.481 e. The maximum atomic E-state index is 12.2. The van der Waals surface area contributed by atoms with Gasteiger partial charge in [0, 0.05) is 0 Å². The summed E-state index contributed by atoms with van der Waals surface area (Å²) in [6.45, 7) is 12.8. The minimum atomic E-state index is -0.976. The predicted octanol–water partition coefficient (Wildman–Crippen LogP) is 3.27. The highest BCUT2D eigenvalue weighted by Gasteiger charge is 2.36. The Balaban J connectivity index is 5.11. The minimum Gasteiger partial charge on any atom is -0.481 e. The molecule has 110 valence electrons. The van der Waals surface area contributed by atoms with Crippen molar-refractivity contribution >= 4 is 11.9 Å². The predicted molar refractivity (Wildman–Crippen MR) is 74.7 cm³/mol. The van der Waals surface area contributed by atoms with Gasteiger partial charge in [-0.25, -0.2) is 0 Å². The standard InChI is InChI=1S/C15H26O4/c1-7-8-11(13(16)17)12(9-10(2)3)14(18)19-15(4,5)6/h7,10-12H,1,8-9H2,2-6H3,(H,16,17)/t11?,12-/m1/s1. The fraction of sp³-hybridized carbons (Fsp3) is 0.733. The van der Waals surface area contributed by atoms with Gasteiger partial charge in [-0.3, -0.25) is 9.59 Å². The van der Waals surface area contributed by atoms with Crippen LogP contribution in [0.25, 0.3) is 0 Å². The summed E-state index contributed by atoms with van der Waals surface area (Å²) in [5.74, 6) is -2.58. The molecule has 0 aliphatic carbocycles.